The first-order valence-electron chi connectivity index (χ1n) is 5.84. The quantitative estimate of drug-likeness (QED) is 0.743. The first-order valence-corrected chi connectivity index (χ1v) is 5.84. The maximum atomic E-state index is 5.61. The Balaban J connectivity index is 2.01. The number of benzene rings is 1. The van der Waals surface area contributed by atoms with Gasteiger partial charge in [0.15, 0.2) is 0 Å². The number of nitrogens with two attached hydrogens (primary N) is 1. The molecule has 1 heterocycles. The van der Waals surface area contributed by atoms with Crippen LogP contribution in [0.1, 0.15) is 11.1 Å². The number of aromatic nitrogens is 2. The summed E-state index contributed by atoms with van der Waals surface area (Å²) in [7, 11) is 1.80. The fourth-order valence-corrected chi connectivity index (χ4v) is 1.64. The third kappa shape index (κ3) is 3.18. The topological polar surface area (TPSA) is 75.9 Å². The van der Waals surface area contributed by atoms with Gasteiger partial charge in [0.2, 0.25) is 5.95 Å². The third-order valence-electron chi connectivity index (χ3n) is 2.58. The maximum absolute atomic E-state index is 5.61. The molecule has 1 aromatic carbocycles. The third-order valence-corrected chi connectivity index (χ3v) is 2.58. The largest absolute Gasteiger partial charge is 0.366 e. The van der Waals surface area contributed by atoms with Crippen molar-refractivity contribution in [1.82, 2.24) is 9.97 Å². The molecule has 0 atom stereocenters. The lowest BCUT2D eigenvalue weighted by Crippen LogP contribution is -2.05. The molecule has 5 nitrogen and oxygen atoms in total. The van der Waals surface area contributed by atoms with Gasteiger partial charge in [-0.3, -0.25) is 0 Å². The Hall–Kier alpha value is -2.14. The van der Waals surface area contributed by atoms with E-state index in [-0.39, 0.29) is 0 Å². The van der Waals surface area contributed by atoms with Crippen LogP contribution in [0.2, 0.25) is 0 Å². The highest BCUT2D eigenvalue weighted by Crippen LogP contribution is 2.09. The first kappa shape index (κ1) is 12.3. The van der Waals surface area contributed by atoms with Crippen LogP contribution in [-0.4, -0.2) is 17.0 Å². The lowest BCUT2D eigenvalue weighted by atomic mass is 10.1. The minimum atomic E-state index is 0.561. The molecule has 0 bridgehead atoms. The van der Waals surface area contributed by atoms with Gasteiger partial charge in [0.1, 0.15) is 5.82 Å². The summed E-state index contributed by atoms with van der Waals surface area (Å²) in [5, 5.41) is 6.16. The lowest BCUT2D eigenvalue weighted by Gasteiger charge is -2.07. The van der Waals surface area contributed by atoms with E-state index < -0.39 is 0 Å². The van der Waals surface area contributed by atoms with Crippen LogP contribution in [0.25, 0.3) is 0 Å². The molecule has 0 saturated heterocycles. The van der Waals surface area contributed by atoms with Crippen molar-refractivity contribution >= 4 is 11.8 Å². The standard InChI is InChI=1S/C13H17N5/c1-15-13-16-6-5-12(18-13)17-9-11-4-2-3-10(7-11)8-14/h2-7H,8-9,14H2,1H3,(H2,15,16,17,18). The highest BCUT2D eigenvalue weighted by Gasteiger charge is 1.98. The van der Waals surface area contributed by atoms with Crippen LogP contribution in [0.15, 0.2) is 36.5 Å². The van der Waals surface area contributed by atoms with E-state index >= 15 is 0 Å². The van der Waals surface area contributed by atoms with Crippen molar-refractivity contribution < 1.29 is 0 Å². The van der Waals surface area contributed by atoms with Gasteiger partial charge in [0.05, 0.1) is 0 Å². The summed E-state index contributed by atoms with van der Waals surface area (Å²) in [6.45, 7) is 1.28. The fraction of sp³-hybridized carbons (Fsp3) is 0.231. The van der Waals surface area contributed by atoms with Gasteiger partial charge in [0.25, 0.3) is 0 Å². The molecule has 0 spiro atoms. The second-order valence-corrected chi connectivity index (χ2v) is 3.89. The molecule has 94 valence electrons. The second-order valence-electron chi connectivity index (χ2n) is 3.89. The number of anilines is 2. The zero-order chi connectivity index (χ0) is 12.8. The molecule has 0 fully saturated rings. The van der Waals surface area contributed by atoms with Crippen LogP contribution >= 0.6 is 0 Å². The smallest absolute Gasteiger partial charge is 0.224 e. The van der Waals surface area contributed by atoms with Crippen molar-refractivity contribution in [1.29, 1.82) is 0 Å². The van der Waals surface area contributed by atoms with Crippen molar-refractivity contribution in [2.24, 2.45) is 5.73 Å². The summed E-state index contributed by atoms with van der Waals surface area (Å²) in [5.74, 6) is 1.41. The molecule has 2 rings (SSSR count). The van der Waals surface area contributed by atoms with Crippen molar-refractivity contribution in [3.8, 4) is 0 Å². The summed E-state index contributed by atoms with van der Waals surface area (Å²) >= 11 is 0. The molecule has 0 unspecified atom stereocenters. The monoisotopic (exact) mass is 243 g/mol. The summed E-state index contributed by atoms with van der Waals surface area (Å²) in [6.07, 6.45) is 1.72. The normalized spacial score (nSPS) is 10.1. The summed E-state index contributed by atoms with van der Waals surface area (Å²) in [6, 6.07) is 10.0. The molecular formula is C13H17N5. The molecular weight excluding hydrogens is 226 g/mol. The Labute approximate surface area is 106 Å². The van der Waals surface area contributed by atoms with E-state index in [9.17, 15) is 0 Å². The molecule has 18 heavy (non-hydrogen) atoms. The Bertz CT molecular complexity index is 465. The van der Waals surface area contributed by atoms with Crippen LogP contribution in [0, 0.1) is 0 Å². The van der Waals surface area contributed by atoms with Crippen molar-refractivity contribution in [3.63, 3.8) is 0 Å². The van der Waals surface area contributed by atoms with Gasteiger partial charge in [0, 0.05) is 26.3 Å². The Morgan fingerprint density at radius 1 is 1.22 bits per heavy atom. The van der Waals surface area contributed by atoms with Crippen molar-refractivity contribution in [2.75, 3.05) is 17.7 Å². The van der Waals surface area contributed by atoms with E-state index in [2.05, 4.69) is 32.7 Å². The second kappa shape index (κ2) is 5.97. The van der Waals surface area contributed by atoms with Gasteiger partial charge in [-0.25, -0.2) is 4.98 Å². The molecule has 0 saturated carbocycles. The maximum Gasteiger partial charge on any atom is 0.224 e. The van der Waals surface area contributed by atoms with E-state index in [0.29, 0.717) is 19.0 Å². The number of nitrogens with one attached hydrogen (secondary N) is 2. The SMILES string of the molecule is CNc1nccc(NCc2cccc(CN)c2)n1. The van der Waals surface area contributed by atoms with E-state index in [1.165, 1.54) is 5.56 Å². The van der Waals surface area contributed by atoms with Gasteiger partial charge < -0.3 is 16.4 Å². The zero-order valence-corrected chi connectivity index (χ0v) is 10.4. The molecule has 0 aliphatic heterocycles. The van der Waals surface area contributed by atoms with Crippen molar-refractivity contribution in [3.05, 3.63) is 47.7 Å². The summed E-state index contributed by atoms with van der Waals surface area (Å²) < 4.78 is 0. The van der Waals surface area contributed by atoms with Gasteiger partial charge in [-0.2, -0.15) is 4.98 Å². The van der Waals surface area contributed by atoms with Gasteiger partial charge in [-0.05, 0) is 17.2 Å². The van der Waals surface area contributed by atoms with Gasteiger partial charge >= 0.3 is 0 Å². The minimum absolute atomic E-state index is 0.561. The molecule has 2 aromatic rings. The molecule has 0 aliphatic carbocycles. The summed E-state index contributed by atoms with van der Waals surface area (Å²) in [4.78, 5) is 8.35. The molecule has 1 aromatic heterocycles. The number of rotatable bonds is 5. The average Bonchev–Trinajstić information content (AvgIpc) is 2.45. The number of hydrogen-bond donors (Lipinski definition) is 3. The number of hydrogen-bond acceptors (Lipinski definition) is 5. The van der Waals surface area contributed by atoms with Crippen LogP contribution in [-0.2, 0) is 13.1 Å². The van der Waals surface area contributed by atoms with E-state index in [0.717, 1.165) is 11.4 Å². The average molecular weight is 243 g/mol. The van der Waals surface area contributed by atoms with Crippen LogP contribution in [0.4, 0.5) is 11.8 Å². The van der Waals surface area contributed by atoms with Crippen LogP contribution in [0.3, 0.4) is 0 Å². The molecule has 0 radical (unpaired) electrons. The van der Waals surface area contributed by atoms with E-state index in [1.54, 1.807) is 13.2 Å². The van der Waals surface area contributed by atoms with Crippen LogP contribution in [0.5, 0.6) is 0 Å². The van der Waals surface area contributed by atoms with Gasteiger partial charge in [-0.1, -0.05) is 24.3 Å². The predicted molar refractivity (Wildman–Crippen MR) is 73.2 cm³/mol. The molecule has 4 N–H and O–H groups in total. The van der Waals surface area contributed by atoms with Crippen molar-refractivity contribution in [2.45, 2.75) is 13.1 Å². The minimum Gasteiger partial charge on any atom is -0.366 e. The predicted octanol–water partition coefficient (Wildman–Crippen LogP) is 1.59. The Kier molecular flexibility index (Phi) is 4.09. The highest BCUT2D eigenvalue weighted by molar-refractivity contribution is 5.40. The molecule has 0 aliphatic rings. The fourth-order valence-electron chi connectivity index (χ4n) is 1.64. The lowest BCUT2D eigenvalue weighted by molar-refractivity contribution is 1.04. The Morgan fingerprint density at radius 2 is 2.06 bits per heavy atom. The highest BCUT2D eigenvalue weighted by atomic mass is 15.1. The number of nitrogens with zero attached hydrogens (tertiary/aromatic N) is 2. The van der Waals surface area contributed by atoms with Crippen LogP contribution < -0.4 is 16.4 Å². The first-order chi connectivity index (χ1) is 8.81. The van der Waals surface area contributed by atoms with E-state index in [4.69, 9.17) is 5.73 Å². The van der Waals surface area contributed by atoms with E-state index in [1.807, 2.05) is 18.2 Å². The Morgan fingerprint density at radius 3 is 2.83 bits per heavy atom. The summed E-state index contributed by atoms with van der Waals surface area (Å²) in [5.41, 5.74) is 7.93. The van der Waals surface area contributed by atoms with Gasteiger partial charge in [-0.15, -0.1) is 0 Å². The molecule has 5 heteroatoms. The zero-order valence-electron chi connectivity index (χ0n) is 10.4. The molecule has 0 amide bonds.